The second-order valence-corrected chi connectivity index (χ2v) is 9.71. The summed E-state index contributed by atoms with van der Waals surface area (Å²) < 4.78 is 31.7. The summed E-state index contributed by atoms with van der Waals surface area (Å²) in [4.78, 5) is 26.0. The molecule has 1 atom stereocenters. The van der Waals surface area contributed by atoms with E-state index in [1.54, 1.807) is 26.0 Å². The van der Waals surface area contributed by atoms with Crippen molar-refractivity contribution in [2.75, 3.05) is 47.1 Å². The third-order valence-corrected chi connectivity index (χ3v) is 6.65. The van der Waals surface area contributed by atoms with Crippen molar-refractivity contribution in [2.45, 2.75) is 26.3 Å². The fourth-order valence-electron chi connectivity index (χ4n) is 3.79. The van der Waals surface area contributed by atoms with Crippen LogP contribution in [0.5, 0.6) is 0 Å². The van der Waals surface area contributed by atoms with Gasteiger partial charge < -0.3 is 15.0 Å². The number of ether oxygens (including phenoxy) is 1. The van der Waals surface area contributed by atoms with Gasteiger partial charge in [0.15, 0.2) is 0 Å². The number of carbonyl (C=O) groups is 1. The van der Waals surface area contributed by atoms with Gasteiger partial charge >= 0.3 is 0 Å². The lowest BCUT2D eigenvalue weighted by Crippen LogP contribution is -2.47. The lowest BCUT2D eigenvalue weighted by atomic mass is 10.1. The summed E-state index contributed by atoms with van der Waals surface area (Å²) in [5.41, 5.74) is 1.90. The quantitative estimate of drug-likeness (QED) is 0.459. The number of rotatable bonds is 8. The predicted molar refractivity (Wildman–Crippen MR) is 127 cm³/mol. The van der Waals surface area contributed by atoms with E-state index in [0.717, 1.165) is 29.3 Å². The minimum absolute atomic E-state index is 0.108. The van der Waals surface area contributed by atoms with Crippen LogP contribution in [0.25, 0.3) is 0 Å². The van der Waals surface area contributed by atoms with Gasteiger partial charge in [-0.3, -0.25) is 19.2 Å². The van der Waals surface area contributed by atoms with Crippen LogP contribution < -0.4 is 14.5 Å². The molecule has 0 bridgehead atoms. The third-order valence-electron chi connectivity index (χ3n) is 5.48. The van der Waals surface area contributed by atoms with Crippen molar-refractivity contribution < 1.29 is 22.9 Å². The van der Waals surface area contributed by atoms with E-state index in [4.69, 9.17) is 4.74 Å². The highest BCUT2D eigenvalue weighted by molar-refractivity contribution is 7.92. The minimum atomic E-state index is -3.92. The number of amides is 1. The lowest BCUT2D eigenvalue weighted by molar-refractivity contribution is -0.384. The summed E-state index contributed by atoms with van der Waals surface area (Å²) in [5.74, 6) is -0.520. The van der Waals surface area contributed by atoms with Gasteiger partial charge in [-0.2, -0.15) is 0 Å². The van der Waals surface area contributed by atoms with E-state index in [0.29, 0.717) is 24.5 Å². The zero-order chi connectivity index (χ0) is 24.2. The number of hydrogen-bond acceptors (Lipinski definition) is 7. The molecule has 3 rings (SSSR count). The highest BCUT2D eigenvalue weighted by Crippen LogP contribution is 2.30. The van der Waals surface area contributed by atoms with Gasteiger partial charge in [0, 0.05) is 36.6 Å². The van der Waals surface area contributed by atoms with E-state index < -0.39 is 26.9 Å². The maximum atomic E-state index is 13.1. The molecule has 0 aromatic heterocycles. The van der Waals surface area contributed by atoms with Crippen molar-refractivity contribution in [1.29, 1.82) is 0 Å². The number of nitrogens with one attached hydrogen (secondary N) is 1. The Labute approximate surface area is 193 Å². The Morgan fingerprint density at radius 1 is 1.21 bits per heavy atom. The van der Waals surface area contributed by atoms with Gasteiger partial charge in [-0.25, -0.2) is 8.42 Å². The van der Waals surface area contributed by atoms with Crippen LogP contribution in [0.1, 0.15) is 18.9 Å². The first-order valence-electron chi connectivity index (χ1n) is 10.6. The SMILES string of the molecule is CC[C@H](C(=O)Nc1ccc(N2CCOCC2)cc1)N(c1cc([N+](=O)[O-])ccc1C)S(C)(=O)=O. The predicted octanol–water partition coefficient (Wildman–Crippen LogP) is 2.92. The molecule has 11 heteroatoms. The van der Waals surface area contributed by atoms with Crippen LogP contribution in [0.15, 0.2) is 42.5 Å². The Morgan fingerprint density at radius 2 is 1.85 bits per heavy atom. The topological polar surface area (TPSA) is 122 Å². The summed E-state index contributed by atoms with van der Waals surface area (Å²) in [5, 5.41) is 14.0. The average Bonchev–Trinajstić information content (AvgIpc) is 2.78. The Balaban J connectivity index is 1.86. The molecule has 33 heavy (non-hydrogen) atoms. The fourth-order valence-corrected chi connectivity index (χ4v) is 5.05. The number of benzene rings is 2. The van der Waals surface area contributed by atoms with Crippen molar-refractivity contribution >= 4 is 38.7 Å². The number of nitrogens with zero attached hydrogens (tertiary/aromatic N) is 3. The first-order valence-corrected chi connectivity index (χ1v) is 12.4. The second kappa shape index (κ2) is 10.2. The van der Waals surface area contributed by atoms with E-state index in [2.05, 4.69) is 10.2 Å². The van der Waals surface area contributed by atoms with Crippen molar-refractivity contribution in [3.8, 4) is 0 Å². The number of nitro benzene ring substituents is 1. The number of hydrogen-bond donors (Lipinski definition) is 1. The Bertz CT molecular complexity index is 1110. The first-order chi connectivity index (χ1) is 15.6. The number of morpholine rings is 1. The van der Waals surface area contributed by atoms with Crippen LogP contribution in [0.3, 0.4) is 0 Å². The van der Waals surface area contributed by atoms with Crippen LogP contribution in [-0.4, -0.2) is 57.8 Å². The highest BCUT2D eigenvalue weighted by atomic mass is 32.2. The molecule has 2 aromatic carbocycles. The van der Waals surface area contributed by atoms with Crippen molar-refractivity contribution in [3.05, 3.63) is 58.1 Å². The number of aryl methyl sites for hydroxylation is 1. The molecule has 0 radical (unpaired) electrons. The summed E-state index contributed by atoms with van der Waals surface area (Å²) >= 11 is 0. The molecule has 1 aliphatic heterocycles. The van der Waals surface area contributed by atoms with Crippen LogP contribution >= 0.6 is 0 Å². The first kappa shape index (κ1) is 24.5. The number of anilines is 3. The van der Waals surface area contributed by atoms with Gasteiger partial charge in [0.1, 0.15) is 6.04 Å². The Morgan fingerprint density at radius 3 is 2.39 bits per heavy atom. The smallest absolute Gasteiger partial charge is 0.271 e. The molecule has 0 saturated carbocycles. The van der Waals surface area contributed by atoms with Crippen molar-refractivity contribution in [2.24, 2.45) is 0 Å². The van der Waals surface area contributed by atoms with E-state index in [9.17, 15) is 23.3 Å². The Kier molecular flexibility index (Phi) is 7.54. The number of non-ortho nitro benzene ring substituents is 1. The van der Waals surface area contributed by atoms with Crippen LogP contribution in [0, 0.1) is 17.0 Å². The summed E-state index contributed by atoms with van der Waals surface area (Å²) in [6.45, 7) is 6.23. The molecule has 10 nitrogen and oxygen atoms in total. The van der Waals surface area contributed by atoms with Gasteiger partial charge in [0.25, 0.3) is 5.69 Å². The zero-order valence-corrected chi connectivity index (χ0v) is 19.7. The molecule has 1 saturated heterocycles. The summed E-state index contributed by atoms with van der Waals surface area (Å²) in [7, 11) is -3.92. The average molecular weight is 477 g/mol. The van der Waals surface area contributed by atoms with E-state index in [1.165, 1.54) is 18.2 Å². The van der Waals surface area contributed by atoms with E-state index in [-0.39, 0.29) is 17.8 Å². The normalized spacial score (nSPS) is 15.1. The molecular formula is C22H28N4O6S. The molecular weight excluding hydrogens is 448 g/mol. The minimum Gasteiger partial charge on any atom is -0.378 e. The van der Waals surface area contributed by atoms with Crippen LogP contribution in [0.4, 0.5) is 22.7 Å². The highest BCUT2D eigenvalue weighted by Gasteiger charge is 2.33. The lowest BCUT2D eigenvalue weighted by Gasteiger charge is -2.31. The molecule has 1 amide bonds. The van der Waals surface area contributed by atoms with Crippen molar-refractivity contribution in [1.82, 2.24) is 0 Å². The molecule has 178 valence electrons. The summed E-state index contributed by atoms with van der Waals surface area (Å²) in [6, 6.07) is 10.2. The molecule has 2 aromatic rings. The van der Waals surface area contributed by atoms with Gasteiger partial charge in [-0.1, -0.05) is 13.0 Å². The Hall–Kier alpha value is -3.18. The van der Waals surface area contributed by atoms with Gasteiger partial charge in [0.2, 0.25) is 15.9 Å². The standard InChI is InChI=1S/C22H28N4O6S/c1-4-20(25(33(3,30)31)21-15-19(26(28)29)8-5-16(21)2)22(27)23-17-6-9-18(10-7-17)24-11-13-32-14-12-24/h5-10,15,20H,4,11-14H2,1-3H3,(H,23,27)/t20-/m1/s1. The van der Waals surface area contributed by atoms with Gasteiger partial charge in [-0.05, 0) is 43.2 Å². The molecule has 0 unspecified atom stereocenters. The van der Waals surface area contributed by atoms with E-state index in [1.807, 2.05) is 12.1 Å². The molecule has 1 aliphatic rings. The number of carbonyl (C=O) groups excluding carboxylic acids is 1. The zero-order valence-electron chi connectivity index (χ0n) is 18.9. The van der Waals surface area contributed by atoms with Gasteiger partial charge in [0.05, 0.1) is 30.1 Å². The maximum Gasteiger partial charge on any atom is 0.271 e. The molecule has 1 heterocycles. The number of nitro groups is 1. The maximum absolute atomic E-state index is 13.1. The monoisotopic (exact) mass is 476 g/mol. The molecule has 1 N–H and O–H groups in total. The second-order valence-electron chi connectivity index (χ2n) is 7.85. The molecule has 1 fully saturated rings. The van der Waals surface area contributed by atoms with Crippen molar-refractivity contribution in [3.63, 3.8) is 0 Å². The fraction of sp³-hybridized carbons (Fsp3) is 0.409. The van der Waals surface area contributed by atoms with Crippen LogP contribution in [0.2, 0.25) is 0 Å². The molecule has 0 spiro atoms. The summed E-state index contributed by atoms with van der Waals surface area (Å²) in [6.07, 6.45) is 1.16. The van der Waals surface area contributed by atoms with Crippen LogP contribution in [-0.2, 0) is 19.6 Å². The number of sulfonamides is 1. The largest absolute Gasteiger partial charge is 0.378 e. The molecule has 0 aliphatic carbocycles. The third kappa shape index (κ3) is 5.79. The van der Waals surface area contributed by atoms with Gasteiger partial charge in [-0.15, -0.1) is 0 Å². The van der Waals surface area contributed by atoms with E-state index >= 15 is 0 Å².